The third-order valence-corrected chi connectivity index (χ3v) is 5.05. The molecule has 0 radical (unpaired) electrons. The molecule has 3 rings (SSSR count). The lowest BCUT2D eigenvalue weighted by atomic mass is 10.0. The zero-order chi connectivity index (χ0) is 16.4. The maximum atomic E-state index is 12.3. The number of imidazole rings is 1. The van der Waals surface area contributed by atoms with E-state index in [0.29, 0.717) is 0 Å². The number of hydrogen-bond donors (Lipinski definition) is 0. The molecule has 0 fully saturated rings. The van der Waals surface area contributed by atoms with Gasteiger partial charge < -0.3 is 9.47 Å². The highest BCUT2D eigenvalue weighted by Gasteiger charge is 2.25. The lowest BCUT2D eigenvalue weighted by Gasteiger charge is -2.20. The zero-order valence-electron chi connectivity index (χ0n) is 13.4. The van der Waals surface area contributed by atoms with Crippen LogP contribution < -0.4 is 0 Å². The van der Waals surface area contributed by atoms with Crippen LogP contribution >= 0.6 is 11.8 Å². The van der Waals surface area contributed by atoms with E-state index < -0.39 is 0 Å². The first-order chi connectivity index (χ1) is 11.1. The van der Waals surface area contributed by atoms with Crippen LogP contribution in [0.4, 0.5) is 4.79 Å². The molecule has 0 spiro atoms. The van der Waals surface area contributed by atoms with Crippen LogP contribution in [-0.2, 0) is 7.05 Å². The Balaban J connectivity index is 2.14. The fourth-order valence-electron chi connectivity index (χ4n) is 2.57. The van der Waals surface area contributed by atoms with Gasteiger partial charge in [-0.1, -0.05) is 42.5 Å². The number of carbonyl (C=O) groups excluding carboxylic acids is 1. The molecule has 0 saturated carbocycles. The molecule has 1 unspecified atom stereocenters. The minimum absolute atomic E-state index is 0.0194. The summed E-state index contributed by atoms with van der Waals surface area (Å²) >= 11 is 1.30. The van der Waals surface area contributed by atoms with Crippen molar-refractivity contribution in [2.24, 2.45) is 7.05 Å². The van der Waals surface area contributed by atoms with E-state index in [9.17, 15) is 4.79 Å². The normalized spacial score (nSPS) is 12.3. The summed E-state index contributed by atoms with van der Waals surface area (Å²) in [6.07, 6.45) is 3.68. The molecule has 3 aromatic rings. The van der Waals surface area contributed by atoms with Gasteiger partial charge in [-0.3, -0.25) is 4.79 Å². The SMILES string of the molecule is CN(C)C(=O)SC(c1cccc2ccccc12)c1nccn1C. The summed E-state index contributed by atoms with van der Waals surface area (Å²) in [5.41, 5.74) is 1.11. The molecule has 0 bridgehead atoms. The summed E-state index contributed by atoms with van der Waals surface area (Å²) in [6, 6.07) is 14.5. The van der Waals surface area contributed by atoms with Crippen molar-refractivity contribution < 1.29 is 4.79 Å². The first kappa shape index (κ1) is 15.6. The summed E-state index contributed by atoms with van der Waals surface area (Å²) in [6.45, 7) is 0. The van der Waals surface area contributed by atoms with E-state index in [4.69, 9.17) is 0 Å². The van der Waals surface area contributed by atoms with Crippen LogP contribution in [0.25, 0.3) is 10.8 Å². The summed E-state index contributed by atoms with van der Waals surface area (Å²) in [5.74, 6) is 0.876. The predicted molar refractivity (Wildman–Crippen MR) is 95.7 cm³/mol. The maximum absolute atomic E-state index is 12.3. The molecule has 0 aliphatic rings. The number of fused-ring (bicyclic) bond motifs is 1. The zero-order valence-corrected chi connectivity index (χ0v) is 14.2. The molecule has 0 aliphatic heterocycles. The van der Waals surface area contributed by atoms with Crippen molar-refractivity contribution >= 4 is 27.8 Å². The van der Waals surface area contributed by atoms with E-state index >= 15 is 0 Å². The van der Waals surface area contributed by atoms with Crippen molar-refractivity contribution in [2.45, 2.75) is 5.25 Å². The molecule has 0 saturated heterocycles. The Kier molecular flexibility index (Phi) is 4.39. The number of benzene rings is 2. The van der Waals surface area contributed by atoms with Crippen molar-refractivity contribution in [1.29, 1.82) is 0 Å². The Morgan fingerprint density at radius 2 is 1.91 bits per heavy atom. The number of carbonyl (C=O) groups is 1. The standard InChI is InChI=1S/C18H19N3OS/c1-20(2)18(22)23-16(17-19-11-12-21(17)3)15-10-6-8-13-7-4-5-9-14(13)15/h4-12,16H,1-3H3. The highest BCUT2D eigenvalue weighted by molar-refractivity contribution is 8.13. The monoisotopic (exact) mass is 325 g/mol. The second-order valence-electron chi connectivity index (χ2n) is 5.62. The quantitative estimate of drug-likeness (QED) is 0.728. The molecular formula is C18H19N3OS. The van der Waals surface area contributed by atoms with Crippen molar-refractivity contribution in [3.8, 4) is 0 Å². The Morgan fingerprint density at radius 3 is 2.61 bits per heavy atom. The fourth-order valence-corrected chi connectivity index (χ4v) is 3.65. The van der Waals surface area contributed by atoms with Gasteiger partial charge in [0.05, 0.1) is 5.25 Å². The van der Waals surface area contributed by atoms with Gasteiger partial charge in [-0.25, -0.2) is 4.98 Å². The van der Waals surface area contributed by atoms with Crippen molar-refractivity contribution in [1.82, 2.24) is 14.5 Å². The number of hydrogen-bond acceptors (Lipinski definition) is 3. The van der Waals surface area contributed by atoms with Crippen molar-refractivity contribution in [3.63, 3.8) is 0 Å². The second kappa shape index (κ2) is 6.46. The minimum Gasteiger partial charge on any atom is -0.340 e. The van der Waals surface area contributed by atoms with Crippen LogP contribution in [0.5, 0.6) is 0 Å². The number of rotatable bonds is 3. The fraction of sp³-hybridized carbons (Fsp3) is 0.222. The number of aryl methyl sites for hydroxylation is 1. The smallest absolute Gasteiger partial charge is 0.282 e. The van der Waals surface area contributed by atoms with Gasteiger partial charge >= 0.3 is 0 Å². The number of amides is 1. The van der Waals surface area contributed by atoms with Gasteiger partial charge in [-0.2, -0.15) is 0 Å². The molecule has 23 heavy (non-hydrogen) atoms. The Morgan fingerprint density at radius 1 is 1.17 bits per heavy atom. The van der Waals surface area contributed by atoms with Crippen LogP contribution in [0.2, 0.25) is 0 Å². The molecular weight excluding hydrogens is 306 g/mol. The first-order valence-corrected chi connectivity index (χ1v) is 8.28. The topological polar surface area (TPSA) is 38.1 Å². The van der Waals surface area contributed by atoms with Crippen LogP contribution in [0.15, 0.2) is 54.9 Å². The number of thioether (sulfide) groups is 1. The largest absolute Gasteiger partial charge is 0.340 e. The first-order valence-electron chi connectivity index (χ1n) is 7.40. The molecule has 1 aromatic heterocycles. The molecule has 118 valence electrons. The average molecular weight is 325 g/mol. The van der Waals surface area contributed by atoms with Gasteiger partial charge in [0.25, 0.3) is 5.24 Å². The lowest BCUT2D eigenvalue weighted by molar-refractivity contribution is 0.241. The van der Waals surface area contributed by atoms with E-state index in [1.54, 1.807) is 25.2 Å². The highest BCUT2D eigenvalue weighted by Crippen LogP contribution is 2.39. The van der Waals surface area contributed by atoms with Gasteiger partial charge in [-0.05, 0) is 28.1 Å². The van der Waals surface area contributed by atoms with E-state index in [1.807, 2.05) is 36.0 Å². The Hall–Kier alpha value is -2.27. The number of aromatic nitrogens is 2. The molecule has 0 N–H and O–H groups in total. The van der Waals surface area contributed by atoms with Gasteiger partial charge in [0.1, 0.15) is 5.82 Å². The third kappa shape index (κ3) is 3.10. The van der Waals surface area contributed by atoms with Crippen molar-refractivity contribution in [3.05, 3.63) is 66.2 Å². The Bertz CT molecular complexity index is 836. The second-order valence-corrected chi connectivity index (χ2v) is 6.68. The molecule has 1 amide bonds. The van der Waals surface area contributed by atoms with Crippen LogP contribution in [0.3, 0.4) is 0 Å². The summed E-state index contributed by atoms with van der Waals surface area (Å²) in [7, 11) is 5.50. The molecule has 5 heteroatoms. The summed E-state index contributed by atoms with van der Waals surface area (Å²) in [5, 5.41) is 2.20. The third-order valence-electron chi connectivity index (χ3n) is 3.78. The molecule has 0 aliphatic carbocycles. The molecule has 2 aromatic carbocycles. The average Bonchev–Trinajstić information content (AvgIpc) is 2.97. The van der Waals surface area contributed by atoms with Gasteiger partial charge in [-0.15, -0.1) is 0 Å². The van der Waals surface area contributed by atoms with E-state index in [2.05, 4.69) is 29.2 Å². The molecule has 1 atom stereocenters. The number of nitrogens with zero attached hydrogens (tertiary/aromatic N) is 3. The van der Waals surface area contributed by atoms with Crippen molar-refractivity contribution in [2.75, 3.05) is 14.1 Å². The molecule has 1 heterocycles. The lowest BCUT2D eigenvalue weighted by Crippen LogP contribution is -2.19. The van der Waals surface area contributed by atoms with E-state index in [-0.39, 0.29) is 10.5 Å². The maximum Gasteiger partial charge on any atom is 0.282 e. The van der Waals surface area contributed by atoms with E-state index in [1.165, 1.54) is 17.1 Å². The highest BCUT2D eigenvalue weighted by atomic mass is 32.2. The predicted octanol–water partition coefficient (Wildman–Crippen LogP) is 4.08. The Labute approximate surface area is 140 Å². The van der Waals surface area contributed by atoms with Gasteiger partial charge in [0, 0.05) is 33.5 Å². The van der Waals surface area contributed by atoms with Gasteiger partial charge in [0.2, 0.25) is 0 Å². The summed E-state index contributed by atoms with van der Waals surface area (Å²) in [4.78, 5) is 18.4. The minimum atomic E-state index is -0.143. The molecule has 4 nitrogen and oxygen atoms in total. The summed E-state index contributed by atoms with van der Waals surface area (Å²) < 4.78 is 1.97. The van der Waals surface area contributed by atoms with Crippen LogP contribution in [-0.4, -0.2) is 33.8 Å². The van der Waals surface area contributed by atoms with Crippen LogP contribution in [0, 0.1) is 0 Å². The van der Waals surface area contributed by atoms with E-state index in [0.717, 1.165) is 16.8 Å². The van der Waals surface area contributed by atoms with Crippen LogP contribution in [0.1, 0.15) is 16.6 Å². The van der Waals surface area contributed by atoms with Gasteiger partial charge in [0.15, 0.2) is 0 Å².